The van der Waals surface area contributed by atoms with E-state index in [2.05, 4.69) is 0 Å². The van der Waals surface area contributed by atoms with Gasteiger partial charge in [-0.05, 0) is 55.7 Å². The highest BCUT2D eigenvalue weighted by atomic mass is 19.1. The first kappa shape index (κ1) is 28.7. The van der Waals surface area contributed by atoms with E-state index in [1.165, 1.54) is 41.3 Å². The molecule has 0 radical (unpaired) electrons. The molecule has 216 valence electrons. The van der Waals surface area contributed by atoms with Crippen LogP contribution in [0.4, 0.5) is 14.5 Å². The molecule has 5 rings (SSSR count). The fourth-order valence-electron chi connectivity index (χ4n) is 5.88. The number of carbonyl (C=O) groups is 3. The van der Waals surface area contributed by atoms with Crippen molar-refractivity contribution >= 4 is 23.4 Å². The average Bonchev–Trinajstić information content (AvgIpc) is 2.97. The van der Waals surface area contributed by atoms with Crippen LogP contribution >= 0.6 is 0 Å². The molecule has 0 aromatic heterocycles. The van der Waals surface area contributed by atoms with Gasteiger partial charge in [0.25, 0.3) is 0 Å². The number of para-hydroxylation sites is 1. The SMILES string of the molecule is CCOC(=O)C1=C(N)N(c2ccccc2F)C2=C(C(=O)[C@@H](C(=O)OCC)[C@H](c3ccccc3)C2)[C@@H]1c1cccc(F)c1. The Morgan fingerprint density at radius 1 is 0.905 bits per heavy atom. The van der Waals surface area contributed by atoms with Gasteiger partial charge in [-0.3, -0.25) is 14.5 Å². The summed E-state index contributed by atoms with van der Waals surface area (Å²) in [5.41, 5.74) is 7.86. The van der Waals surface area contributed by atoms with Crippen molar-refractivity contribution in [2.24, 2.45) is 11.7 Å². The zero-order chi connectivity index (χ0) is 30.0. The van der Waals surface area contributed by atoms with E-state index in [9.17, 15) is 18.8 Å². The first-order chi connectivity index (χ1) is 20.3. The lowest BCUT2D eigenvalue weighted by molar-refractivity contribution is -0.152. The minimum absolute atomic E-state index is 0.00738. The van der Waals surface area contributed by atoms with E-state index in [0.29, 0.717) is 11.3 Å². The van der Waals surface area contributed by atoms with Crippen molar-refractivity contribution < 1.29 is 32.6 Å². The molecule has 3 atom stereocenters. The van der Waals surface area contributed by atoms with Crippen LogP contribution in [0.25, 0.3) is 0 Å². The van der Waals surface area contributed by atoms with Gasteiger partial charge >= 0.3 is 11.9 Å². The Morgan fingerprint density at radius 2 is 1.57 bits per heavy atom. The molecule has 0 spiro atoms. The maximum absolute atomic E-state index is 15.4. The van der Waals surface area contributed by atoms with E-state index in [0.717, 1.165) is 0 Å². The molecule has 1 heterocycles. The highest BCUT2D eigenvalue weighted by Gasteiger charge is 2.51. The summed E-state index contributed by atoms with van der Waals surface area (Å²) in [6.07, 6.45) is 0.0749. The summed E-state index contributed by atoms with van der Waals surface area (Å²) in [5, 5.41) is 0. The number of rotatable bonds is 7. The maximum atomic E-state index is 15.4. The van der Waals surface area contributed by atoms with Gasteiger partial charge in [0.05, 0.1) is 30.4 Å². The minimum Gasteiger partial charge on any atom is -0.465 e. The van der Waals surface area contributed by atoms with E-state index in [4.69, 9.17) is 15.2 Å². The van der Waals surface area contributed by atoms with Crippen molar-refractivity contribution in [1.82, 2.24) is 0 Å². The van der Waals surface area contributed by atoms with Crippen molar-refractivity contribution in [3.63, 3.8) is 0 Å². The Morgan fingerprint density at radius 3 is 2.24 bits per heavy atom. The van der Waals surface area contributed by atoms with E-state index in [1.54, 1.807) is 50.2 Å². The molecular weight excluding hydrogens is 542 g/mol. The molecule has 0 saturated carbocycles. The first-order valence-corrected chi connectivity index (χ1v) is 13.7. The molecule has 1 aliphatic heterocycles. The van der Waals surface area contributed by atoms with E-state index >= 15 is 4.39 Å². The molecular formula is C33H30F2N2O5. The molecule has 0 amide bonds. The van der Waals surface area contributed by atoms with Crippen LogP contribution in [0, 0.1) is 17.6 Å². The summed E-state index contributed by atoms with van der Waals surface area (Å²) >= 11 is 0. The lowest BCUT2D eigenvalue weighted by atomic mass is 9.67. The van der Waals surface area contributed by atoms with Gasteiger partial charge in [0.15, 0.2) is 5.78 Å². The molecule has 2 N–H and O–H groups in total. The van der Waals surface area contributed by atoms with Crippen LogP contribution in [0.5, 0.6) is 0 Å². The van der Waals surface area contributed by atoms with Gasteiger partial charge in [0.1, 0.15) is 23.4 Å². The van der Waals surface area contributed by atoms with Gasteiger partial charge in [-0.25, -0.2) is 13.6 Å². The van der Waals surface area contributed by atoms with Crippen LogP contribution in [0.2, 0.25) is 0 Å². The molecule has 0 bridgehead atoms. The molecule has 0 saturated heterocycles. The van der Waals surface area contributed by atoms with Gasteiger partial charge in [-0.2, -0.15) is 0 Å². The monoisotopic (exact) mass is 572 g/mol. The van der Waals surface area contributed by atoms with Gasteiger partial charge in [0, 0.05) is 17.2 Å². The Hall–Kier alpha value is -4.79. The van der Waals surface area contributed by atoms with Gasteiger partial charge in [-0.15, -0.1) is 0 Å². The number of anilines is 1. The molecule has 3 aromatic rings. The summed E-state index contributed by atoms with van der Waals surface area (Å²) in [7, 11) is 0. The zero-order valence-electron chi connectivity index (χ0n) is 23.2. The van der Waals surface area contributed by atoms with Crippen LogP contribution in [0.15, 0.2) is 102 Å². The van der Waals surface area contributed by atoms with Crippen LogP contribution in [-0.2, 0) is 23.9 Å². The Labute approximate surface area is 242 Å². The third-order valence-corrected chi connectivity index (χ3v) is 7.58. The number of hydrogen-bond acceptors (Lipinski definition) is 7. The third kappa shape index (κ3) is 5.06. The second-order valence-electron chi connectivity index (χ2n) is 9.97. The standard InChI is InChI=1S/C33H30F2N2O5/c1-3-41-32(39)27-22(19-11-6-5-7-12-19)18-25-28(30(27)38)26(20-13-10-14-21(34)17-20)29(33(40)42-4-2)31(36)37(25)24-16-9-8-15-23(24)35/h5-17,22,26-27H,3-4,18,36H2,1-2H3/t22-,26-,27-/m0/s1. The second-order valence-corrected chi connectivity index (χ2v) is 9.97. The van der Waals surface area contributed by atoms with Crippen molar-refractivity contribution in [1.29, 1.82) is 0 Å². The van der Waals surface area contributed by atoms with Crippen LogP contribution in [-0.4, -0.2) is 30.9 Å². The lowest BCUT2D eigenvalue weighted by Gasteiger charge is -2.44. The Balaban J connectivity index is 1.84. The molecule has 9 heteroatoms. The largest absolute Gasteiger partial charge is 0.465 e. The number of nitrogens with two attached hydrogens (primary N) is 1. The number of halogens is 2. The van der Waals surface area contributed by atoms with Crippen molar-refractivity contribution in [3.8, 4) is 0 Å². The number of hydrogen-bond donors (Lipinski definition) is 1. The summed E-state index contributed by atoms with van der Waals surface area (Å²) in [6.45, 7) is 3.30. The highest BCUT2D eigenvalue weighted by molar-refractivity contribution is 6.14. The fourth-order valence-corrected chi connectivity index (χ4v) is 5.88. The lowest BCUT2D eigenvalue weighted by Crippen LogP contribution is -2.46. The smallest absolute Gasteiger partial charge is 0.338 e. The molecule has 0 fully saturated rings. The predicted octanol–water partition coefficient (Wildman–Crippen LogP) is 5.49. The Bertz CT molecular complexity index is 1600. The summed E-state index contributed by atoms with van der Waals surface area (Å²) < 4.78 is 40.7. The minimum atomic E-state index is -1.27. The van der Waals surface area contributed by atoms with Crippen LogP contribution in [0.3, 0.4) is 0 Å². The first-order valence-electron chi connectivity index (χ1n) is 13.7. The van der Waals surface area contributed by atoms with Crippen molar-refractivity contribution in [3.05, 3.63) is 124 Å². The molecule has 3 aromatic carbocycles. The highest BCUT2D eigenvalue weighted by Crippen LogP contribution is 2.51. The average molecular weight is 573 g/mol. The molecule has 42 heavy (non-hydrogen) atoms. The van der Waals surface area contributed by atoms with Gasteiger partial charge in [-0.1, -0.05) is 54.6 Å². The summed E-state index contributed by atoms with van der Waals surface area (Å²) in [4.78, 5) is 42.9. The van der Waals surface area contributed by atoms with E-state index < -0.39 is 47.1 Å². The summed E-state index contributed by atoms with van der Waals surface area (Å²) in [5.74, 6) is -6.71. The van der Waals surface area contributed by atoms with E-state index in [1.807, 2.05) is 6.07 Å². The number of esters is 2. The van der Waals surface area contributed by atoms with Gasteiger partial charge < -0.3 is 15.2 Å². The summed E-state index contributed by atoms with van der Waals surface area (Å²) in [6, 6.07) is 20.3. The second kappa shape index (κ2) is 12.0. The van der Waals surface area contributed by atoms with Crippen molar-refractivity contribution in [2.45, 2.75) is 32.1 Å². The molecule has 2 aliphatic rings. The third-order valence-electron chi connectivity index (χ3n) is 7.58. The Kier molecular flexibility index (Phi) is 8.20. The van der Waals surface area contributed by atoms with Crippen LogP contribution in [0.1, 0.15) is 43.2 Å². The number of ketones is 1. The number of carbonyl (C=O) groups excluding carboxylic acids is 3. The van der Waals surface area contributed by atoms with E-state index in [-0.39, 0.29) is 47.9 Å². The quantitative estimate of drug-likeness (QED) is 0.295. The normalized spacial score (nSPS) is 20.3. The molecule has 7 nitrogen and oxygen atoms in total. The number of Topliss-reactive ketones (excluding diaryl/α,β-unsaturated/α-hetero) is 1. The van der Waals surface area contributed by atoms with Crippen LogP contribution < -0.4 is 10.6 Å². The fraction of sp³-hybridized carbons (Fsp3) is 0.242. The van der Waals surface area contributed by atoms with Crippen molar-refractivity contribution in [2.75, 3.05) is 18.1 Å². The number of nitrogens with zero attached hydrogens (tertiary/aromatic N) is 1. The zero-order valence-corrected chi connectivity index (χ0v) is 23.2. The number of benzene rings is 3. The van der Waals surface area contributed by atoms with Gasteiger partial charge in [0.2, 0.25) is 0 Å². The predicted molar refractivity (Wildman–Crippen MR) is 152 cm³/mol. The molecule has 1 aliphatic carbocycles. The topological polar surface area (TPSA) is 98.9 Å². The number of allylic oxidation sites excluding steroid dienone is 2. The number of ether oxygens (including phenoxy) is 2. The maximum Gasteiger partial charge on any atom is 0.338 e. The molecule has 0 unspecified atom stereocenters.